The average molecular weight is 178 g/mol. The van der Waals surface area contributed by atoms with Crippen molar-refractivity contribution in [2.75, 3.05) is 0 Å². The van der Waals surface area contributed by atoms with Gasteiger partial charge in [-0.3, -0.25) is 4.79 Å². The van der Waals surface area contributed by atoms with Crippen LogP contribution in [-0.4, -0.2) is 22.5 Å². The standard InChI is InChI=1S/C7H12ClNO2/c8-4-1-2-6(10)5(3-4)7(9)11/h4-6,10H,1-3H2,(H2,9,11). The molecule has 1 aliphatic carbocycles. The molecule has 1 rings (SSSR count). The summed E-state index contributed by atoms with van der Waals surface area (Å²) in [6, 6.07) is 0. The van der Waals surface area contributed by atoms with Crippen LogP contribution in [0, 0.1) is 5.92 Å². The number of nitrogens with two attached hydrogens (primary N) is 1. The lowest BCUT2D eigenvalue weighted by Gasteiger charge is -2.27. The van der Waals surface area contributed by atoms with Gasteiger partial charge in [-0.25, -0.2) is 0 Å². The van der Waals surface area contributed by atoms with Crippen molar-refractivity contribution < 1.29 is 9.90 Å². The number of rotatable bonds is 1. The summed E-state index contributed by atoms with van der Waals surface area (Å²) in [6.07, 6.45) is 1.29. The van der Waals surface area contributed by atoms with Gasteiger partial charge in [0.1, 0.15) is 0 Å². The Kier molecular flexibility index (Phi) is 2.73. The van der Waals surface area contributed by atoms with Gasteiger partial charge in [0.2, 0.25) is 5.91 Å². The lowest BCUT2D eigenvalue weighted by Crippen LogP contribution is -2.38. The Morgan fingerprint density at radius 1 is 1.55 bits per heavy atom. The molecule has 0 saturated heterocycles. The predicted molar refractivity (Wildman–Crippen MR) is 42.2 cm³/mol. The minimum absolute atomic E-state index is 0.00380. The zero-order valence-corrected chi connectivity index (χ0v) is 6.92. The van der Waals surface area contributed by atoms with Gasteiger partial charge in [-0.1, -0.05) is 0 Å². The lowest BCUT2D eigenvalue weighted by atomic mass is 9.86. The summed E-state index contributed by atoms with van der Waals surface area (Å²) in [5, 5.41) is 9.29. The van der Waals surface area contributed by atoms with Gasteiger partial charge in [-0.15, -0.1) is 11.6 Å². The minimum Gasteiger partial charge on any atom is -0.392 e. The zero-order chi connectivity index (χ0) is 8.43. The molecule has 3 N–H and O–H groups in total. The molecule has 3 unspecified atom stereocenters. The number of hydrogen-bond acceptors (Lipinski definition) is 2. The highest BCUT2D eigenvalue weighted by Crippen LogP contribution is 2.27. The molecule has 0 bridgehead atoms. The number of aliphatic hydroxyl groups excluding tert-OH is 1. The van der Waals surface area contributed by atoms with Crippen LogP contribution in [0.5, 0.6) is 0 Å². The van der Waals surface area contributed by atoms with E-state index in [0.717, 1.165) is 6.42 Å². The van der Waals surface area contributed by atoms with Crippen LogP contribution in [0.1, 0.15) is 19.3 Å². The Morgan fingerprint density at radius 3 is 2.64 bits per heavy atom. The van der Waals surface area contributed by atoms with E-state index in [-0.39, 0.29) is 5.38 Å². The number of aliphatic hydroxyl groups is 1. The molecule has 3 atom stereocenters. The number of amides is 1. The monoisotopic (exact) mass is 177 g/mol. The molecule has 0 aromatic heterocycles. The quantitative estimate of drug-likeness (QED) is 0.564. The largest absolute Gasteiger partial charge is 0.392 e. The van der Waals surface area contributed by atoms with Gasteiger partial charge in [0.25, 0.3) is 0 Å². The maximum atomic E-state index is 10.7. The first-order valence-electron chi connectivity index (χ1n) is 3.72. The Morgan fingerprint density at radius 2 is 2.18 bits per heavy atom. The van der Waals surface area contributed by atoms with E-state index in [0.29, 0.717) is 12.8 Å². The highest BCUT2D eigenvalue weighted by molar-refractivity contribution is 6.20. The van der Waals surface area contributed by atoms with Gasteiger partial charge in [0.15, 0.2) is 0 Å². The van der Waals surface area contributed by atoms with E-state index < -0.39 is 17.9 Å². The summed E-state index contributed by atoms with van der Waals surface area (Å²) in [5.74, 6) is -0.880. The number of hydrogen-bond donors (Lipinski definition) is 2. The van der Waals surface area contributed by atoms with Crippen LogP contribution in [0.3, 0.4) is 0 Å². The van der Waals surface area contributed by atoms with Gasteiger partial charge < -0.3 is 10.8 Å². The first-order valence-corrected chi connectivity index (χ1v) is 4.16. The molecule has 11 heavy (non-hydrogen) atoms. The van der Waals surface area contributed by atoms with E-state index >= 15 is 0 Å². The third-order valence-corrected chi connectivity index (χ3v) is 2.51. The van der Waals surface area contributed by atoms with Crippen LogP contribution in [0.2, 0.25) is 0 Å². The average Bonchev–Trinajstić information content (AvgIpc) is 1.94. The fourth-order valence-electron chi connectivity index (χ4n) is 1.41. The molecule has 3 nitrogen and oxygen atoms in total. The van der Waals surface area contributed by atoms with Crippen LogP contribution >= 0.6 is 11.6 Å². The molecule has 1 aliphatic rings. The van der Waals surface area contributed by atoms with Crippen LogP contribution in [0.25, 0.3) is 0 Å². The molecule has 4 heteroatoms. The summed E-state index contributed by atoms with van der Waals surface area (Å²) in [4.78, 5) is 10.7. The summed E-state index contributed by atoms with van der Waals surface area (Å²) in [5.41, 5.74) is 5.06. The van der Waals surface area contributed by atoms with Crippen LogP contribution in [-0.2, 0) is 4.79 Å². The Labute approximate surface area is 70.5 Å². The van der Waals surface area contributed by atoms with Crippen molar-refractivity contribution in [3.63, 3.8) is 0 Å². The number of carbonyl (C=O) groups excluding carboxylic acids is 1. The number of carbonyl (C=O) groups is 1. The van der Waals surface area contributed by atoms with E-state index in [9.17, 15) is 9.90 Å². The van der Waals surface area contributed by atoms with Crippen LogP contribution < -0.4 is 5.73 Å². The van der Waals surface area contributed by atoms with E-state index in [1.807, 2.05) is 0 Å². The summed E-state index contributed by atoms with van der Waals surface area (Å²) in [7, 11) is 0. The maximum Gasteiger partial charge on any atom is 0.223 e. The smallest absolute Gasteiger partial charge is 0.223 e. The first kappa shape index (κ1) is 8.81. The highest BCUT2D eigenvalue weighted by atomic mass is 35.5. The molecule has 0 aromatic carbocycles. The van der Waals surface area contributed by atoms with E-state index in [1.165, 1.54) is 0 Å². The summed E-state index contributed by atoms with van der Waals surface area (Å²) in [6.45, 7) is 0. The molecule has 1 saturated carbocycles. The van der Waals surface area contributed by atoms with Crippen molar-refractivity contribution >= 4 is 17.5 Å². The SMILES string of the molecule is NC(=O)C1CC(Cl)CCC1O. The van der Waals surface area contributed by atoms with Crippen molar-refractivity contribution in [2.24, 2.45) is 11.7 Å². The molecule has 64 valence electrons. The summed E-state index contributed by atoms with van der Waals surface area (Å²) < 4.78 is 0. The number of primary amides is 1. The lowest BCUT2D eigenvalue weighted by molar-refractivity contribution is -0.126. The minimum atomic E-state index is -0.581. The van der Waals surface area contributed by atoms with Gasteiger partial charge in [0.05, 0.1) is 12.0 Å². The molecule has 0 spiro atoms. The first-order chi connectivity index (χ1) is 5.11. The van der Waals surface area contributed by atoms with Gasteiger partial charge >= 0.3 is 0 Å². The number of halogens is 1. The van der Waals surface area contributed by atoms with E-state index in [2.05, 4.69) is 0 Å². The summed E-state index contributed by atoms with van der Waals surface area (Å²) >= 11 is 5.80. The van der Waals surface area contributed by atoms with Crippen molar-refractivity contribution in [2.45, 2.75) is 30.7 Å². The van der Waals surface area contributed by atoms with Crippen LogP contribution in [0.15, 0.2) is 0 Å². The Bertz CT molecular complexity index is 163. The topological polar surface area (TPSA) is 63.3 Å². The molecular weight excluding hydrogens is 166 g/mol. The van der Waals surface area contributed by atoms with Crippen LogP contribution in [0.4, 0.5) is 0 Å². The Balaban J connectivity index is 2.54. The van der Waals surface area contributed by atoms with E-state index in [1.54, 1.807) is 0 Å². The van der Waals surface area contributed by atoms with Gasteiger partial charge in [-0.2, -0.15) is 0 Å². The fourth-order valence-corrected chi connectivity index (χ4v) is 1.73. The fraction of sp³-hybridized carbons (Fsp3) is 0.857. The van der Waals surface area contributed by atoms with Gasteiger partial charge in [-0.05, 0) is 19.3 Å². The second-order valence-electron chi connectivity index (χ2n) is 2.99. The molecule has 1 amide bonds. The molecule has 1 fully saturated rings. The predicted octanol–water partition coefficient (Wildman–Crippen LogP) is 0.240. The maximum absolute atomic E-state index is 10.7. The van der Waals surface area contributed by atoms with Crippen molar-refractivity contribution in [3.8, 4) is 0 Å². The normalized spacial score (nSPS) is 38.5. The Hall–Kier alpha value is -0.280. The molecule has 0 aromatic rings. The number of alkyl halides is 1. The third-order valence-electron chi connectivity index (χ3n) is 2.12. The van der Waals surface area contributed by atoms with E-state index in [4.69, 9.17) is 17.3 Å². The zero-order valence-electron chi connectivity index (χ0n) is 6.16. The second kappa shape index (κ2) is 3.41. The molecular formula is C7H12ClNO2. The van der Waals surface area contributed by atoms with Crippen molar-refractivity contribution in [1.82, 2.24) is 0 Å². The molecule has 0 heterocycles. The van der Waals surface area contributed by atoms with Crippen molar-refractivity contribution in [1.29, 1.82) is 0 Å². The highest BCUT2D eigenvalue weighted by Gasteiger charge is 2.31. The van der Waals surface area contributed by atoms with Gasteiger partial charge in [0, 0.05) is 5.38 Å². The molecule has 0 radical (unpaired) electrons. The van der Waals surface area contributed by atoms with Crippen molar-refractivity contribution in [3.05, 3.63) is 0 Å². The molecule has 0 aliphatic heterocycles. The second-order valence-corrected chi connectivity index (χ2v) is 3.60. The third kappa shape index (κ3) is 2.07.